The van der Waals surface area contributed by atoms with Gasteiger partial charge in [-0.3, -0.25) is 4.79 Å². The molecule has 134 valence electrons. The summed E-state index contributed by atoms with van der Waals surface area (Å²) in [4.78, 5) is 12.9. The Hall–Kier alpha value is -3.53. The van der Waals surface area contributed by atoms with Crippen LogP contribution in [-0.4, -0.2) is 15.0 Å². The molecule has 4 heterocycles. The van der Waals surface area contributed by atoms with E-state index in [0.29, 0.717) is 6.54 Å². The largest absolute Gasteiger partial charge is 0.348 e. The smallest absolute Gasteiger partial charge is 0.252 e. The fraction of sp³-hybridized carbons (Fsp3) is 0.125. The zero-order valence-electron chi connectivity index (χ0n) is 15.2. The zero-order chi connectivity index (χ0) is 18.4. The molecule has 28 heavy (non-hydrogen) atoms. The number of benzene rings is 3. The van der Waals surface area contributed by atoms with Crippen molar-refractivity contribution in [2.45, 2.75) is 19.6 Å². The molecule has 0 saturated heterocycles. The van der Waals surface area contributed by atoms with Gasteiger partial charge in [-0.25, -0.2) is 0 Å². The number of nitrogens with zero attached hydrogens (tertiary/aromatic N) is 2. The number of rotatable bonds is 0. The first-order valence-corrected chi connectivity index (χ1v) is 9.74. The summed E-state index contributed by atoms with van der Waals surface area (Å²) < 4.78 is 4.80. The van der Waals surface area contributed by atoms with Crippen LogP contribution in [0.15, 0.2) is 60.7 Å². The molecular formula is C24H17N3O. The van der Waals surface area contributed by atoms with Crippen molar-refractivity contribution in [2.75, 3.05) is 0 Å². The van der Waals surface area contributed by atoms with Crippen molar-refractivity contribution >= 4 is 49.5 Å². The third-order valence-electron chi connectivity index (χ3n) is 6.42. The third kappa shape index (κ3) is 1.52. The number of amides is 1. The van der Waals surface area contributed by atoms with Gasteiger partial charge >= 0.3 is 0 Å². The molecule has 7 rings (SSSR count). The Bertz CT molecular complexity index is 1530. The molecule has 1 amide bonds. The Labute approximate surface area is 160 Å². The van der Waals surface area contributed by atoms with Crippen LogP contribution in [0.5, 0.6) is 0 Å². The quantitative estimate of drug-likeness (QED) is 0.398. The summed E-state index contributed by atoms with van der Waals surface area (Å²) in [7, 11) is 0. The minimum atomic E-state index is 0.0502. The maximum absolute atomic E-state index is 12.9. The lowest BCUT2D eigenvalue weighted by atomic mass is 9.97. The predicted octanol–water partition coefficient (Wildman–Crippen LogP) is 4.72. The second-order valence-electron chi connectivity index (χ2n) is 7.71. The van der Waals surface area contributed by atoms with Crippen LogP contribution in [0.3, 0.4) is 0 Å². The molecule has 5 aromatic rings. The van der Waals surface area contributed by atoms with Gasteiger partial charge in [-0.15, -0.1) is 0 Å². The summed E-state index contributed by atoms with van der Waals surface area (Å²) in [6.45, 7) is 2.27. The fourth-order valence-electron chi connectivity index (χ4n) is 5.36. The molecule has 0 spiro atoms. The minimum absolute atomic E-state index is 0.0502. The molecule has 0 fully saturated rings. The van der Waals surface area contributed by atoms with Crippen molar-refractivity contribution in [1.29, 1.82) is 0 Å². The van der Waals surface area contributed by atoms with Crippen LogP contribution in [0.2, 0.25) is 0 Å². The highest BCUT2D eigenvalue weighted by molar-refractivity contribution is 6.30. The van der Waals surface area contributed by atoms with Gasteiger partial charge in [0.15, 0.2) is 0 Å². The molecule has 0 saturated carbocycles. The standard InChI is InChI=1S/C24H17N3O/c28-24-21-16(13-25-24)19-14-7-1-3-9-17(14)26-11-5-6-12-27-18-10-4-2-8-15(18)20(21)23(27)22(19)26/h1-10H,11-13H2,(H,25,28)/b6-5-. The number of carbonyl (C=O) groups excluding carboxylic acids is 1. The average molecular weight is 363 g/mol. The molecule has 3 aromatic carbocycles. The maximum Gasteiger partial charge on any atom is 0.252 e. The van der Waals surface area contributed by atoms with Crippen LogP contribution in [-0.2, 0) is 19.6 Å². The predicted molar refractivity (Wildman–Crippen MR) is 113 cm³/mol. The van der Waals surface area contributed by atoms with E-state index >= 15 is 0 Å². The molecule has 1 N–H and O–H groups in total. The first-order valence-electron chi connectivity index (χ1n) is 9.74. The maximum atomic E-state index is 12.9. The molecule has 0 atom stereocenters. The highest BCUT2D eigenvalue weighted by Crippen LogP contribution is 2.45. The molecule has 0 bridgehead atoms. The Morgan fingerprint density at radius 3 is 2.00 bits per heavy atom. The number of aromatic nitrogens is 2. The van der Waals surface area contributed by atoms with Crippen molar-refractivity contribution in [3.63, 3.8) is 0 Å². The average Bonchev–Trinajstić information content (AvgIpc) is 3.34. The zero-order valence-corrected chi connectivity index (χ0v) is 15.2. The number of hydrogen-bond donors (Lipinski definition) is 1. The normalized spacial score (nSPS) is 16.8. The second kappa shape index (κ2) is 4.84. The first kappa shape index (κ1) is 14.5. The van der Waals surface area contributed by atoms with Crippen LogP contribution in [0.4, 0.5) is 0 Å². The second-order valence-corrected chi connectivity index (χ2v) is 7.71. The Balaban J connectivity index is 1.93. The van der Waals surface area contributed by atoms with E-state index in [1.165, 1.54) is 38.2 Å². The van der Waals surface area contributed by atoms with Gasteiger partial charge in [0, 0.05) is 52.2 Å². The lowest BCUT2D eigenvalue weighted by molar-refractivity contribution is 0.0967. The number of fused-ring (bicyclic) bond motifs is 9. The summed E-state index contributed by atoms with van der Waals surface area (Å²) in [6, 6.07) is 17.1. The van der Waals surface area contributed by atoms with Crippen LogP contribution >= 0.6 is 0 Å². The van der Waals surface area contributed by atoms with E-state index in [1.807, 2.05) is 0 Å². The number of allylic oxidation sites excluding steroid dienone is 2. The van der Waals surface area contributed by atoms with Gasteiger partial charge in [0.1, 0.15) is 0 Å². The fourth-order valence-corrected chi connectivity index (χ4v) is 5.36. The lowest BCUT2D eigenvalue weighted by Gasteiger charge is -2.13. The first-order chi connectivity index (χ1) is 13.8. The van der Waals surface area contributed by atoms with Crippen LogP contribution in [0.1, 0.15) is 15.9 Å². The van der Waals surface area contributed by atoms with Crippen LogP contribution in [0, 0.1) is 0 Å². The van der Waals surface area contributed by atoms with E-state index in [4.69, 9.17) is 0 Å². The topological polar surface area (TPSA) is 39.0 Å². The molecule has 2 aliphatic heterocycles. The van der Waals surface area contributed by atoms with E-state index < -0.39 is 0 Å². The SMILES string of the molecule is O=C1NCc2c1c1c3ccccc3n3c1c1c2c2ccccc2n1C/C=C\C3. The number of para-hydroxylation sites is 2. The molecule has 4 nitrogen and oxygen atoms in total. The van der Waals surface area contributed by atoms with E-state index in [0.717, 1.165) is 29.6 Å². The number of carbonyl (C=O) groups is 1. The summed E-state index contributed by atoms with van der Waals surface area (Å²) >= 11 is 0. The van der Waals surface area contributed by atoms with E-state index in [2.05, 4.69) is 75.1 Å². The van der Waals surface area contributed by atoms with Gasteiger partial charge < -0.3 is 14.5 Å². The van der Waals surface area contributed by atoms with Crippen molar-refractivity contribution in [2.24, 2.45) is 0 Å². The molecule has 0 aliphatic carbocycles. The van der Waals surface area contributed by atoms with Crippen LogP contribution in [0.25, 0.3) is 43.6 Å². The van der Waals surface area contributed by atoms with Crippen molar-refractivity contribution in [3.05, 3.63) is 71.8 Å². The number of hydrogen-bond acceptors (Lipinski definition) is 1. The lowest BCUT2D eigenvalue weighted by Crippen LogP contribution is -2.12. The van der Waals surface area contributed by atoms with Crippen molar-refractivity contribution in [1.82, 2.24) is 14.5 Å². The van der Waals surface area contributed by atoms with Gasteiger partial charge in [0.25, 0.3) is 5.91 Å². The molecule has 2 aliphatic rings. The van der Waals surface area contributed by atoms with Gasteiger partial charge in [0.2, 0.25) is 0 Å². The highest BCUT2D eigenvalue weighted by atomic mass is 16.1. The van der Waals surface area contributed by atoms with Gasteiger partial charge in [-0.2, -0.15) is 0 Å². The summed E-state index contributed by atoms with van der Waals surface area (Å²) in [5.74, 6) is 0.0502. The van der Waals surface area contributed by atoms with Gasteiger partial charge in [-0.05, 0) is 17.7 Å². The molecular weight excluding hydrogens is 346 g/mol. The van der Waals surface area contributed by atoms with Gasteiger partial charge in [-0.1, -0.05) is 48.6 Å². The summed E-state index contributed by atoms with van der Waals surface area (Å²) in [5, 5.41) is 7.83. The third-order valence-corrected chi connectivity index (χ3v) is 6.42. The number of nitrogens with one attached hydrogen (secondary N) is 1. The monoisotopic (exact) mass is 363 g/mol. The highest BCUT2D eigenvalue weighted by Gasteiger charge is 2.31. The molecule has 0 radical (unpaired) electrons. The molecule has 2 aromatic heterocycles. The molecule has 4 heteroatoms. The van der Waals surface area contributed by atoms with Crippen molar-refractivity contribution in [3.8, 4) is 0 Å². The molecule has 0 unspecified atom stereocenters. The van der Waals surface area contributed by atoms with E-state index in [-0.39, 0.29) is 5.91 Å². The van der Waals surface area contributed by atoms with Crippen molar-refractivity contribution < 1.29 is 4.79 Å². The summed E-state index contributed by atoms with van der Waals surface area (Å²) in [5.41, 5.74) is 6.88. The van der Waals surface area contributed by atoms with E-state index in [9.17, 15) is 4.79 Å². The van der Waals surface area contributed by atoms with Gasteiger partial charge in [0.05, 0.1) is 16.6 Å². The van der Waals surface area contributed by atoms with E-state index in [1.54, 1.807) is 0 Å². The van der Waals surface area contributed by atoms with Crippen LogP contribution < -0.4 is 5.32 Å². The Morgan fingerprint density at radius 2 is 1.32 bits per heavy atom. The Kier molecular flexibility index (Phi) is 2.51. The summed E-state index contributed by atoms with van der Waals surface area (Å²) in [6.07, 6.45) is 4.49. The Morgan fingerprint density at radius 1 is 0.750 bits per heavy atom. The minimum Gasteiger partial charge on any atom is -0.348 e.